The maximum absolute atomic E-state index is 13.5. The second kappa shape index (κ2) is 11.4. The predicted molar refractivity (Wildman–Crippen MR) is 146 cm³/mol. The molecule has 0 radical (unpaired) electrons. The van der Waals surface area contributed by atoms with Gasteiger partial charge in [0.2, 0.25) is 5.95 Å². The van der Waals surface area contributed by atoms with Gasteiger partial charge < -0.3 is 20.4 Å². The van der Waals surface area contributed by atoms with E-state index in [1.54, 1.807) is 35.2 Å². The number of fused-ring (bicyclic) bond motifs is 1. The number of aryl methyl sites for hydroxylation is 1. The first-order chi connectivity index (χ1) is 18.0. The molecule has 0 atom stereocenters. The van der Waals surface area contributed by atoms with Crippen LogP contribution in [0, 0.1) is 11.7 Å². The first kappa shape index (κ1) is 27.4. The largest absolute Gasteiger partial charge is 0.444 e. The van der Waals surface area contributed by atoms with Crippen molar-refractivity contribution in [2.45, 2.75) is 52.1 Å². The van der Waals surface area contributed by atoms with Crippen molar-refractivity contribution >= 4 is 40.6 Å². The molecule has 8 nitrogen and oxygen atoms in total. The molecule has 202 valence electrons. The zero-order valence-electron chi connectivity index (χ0n) is 21.8. The van der Waals surface area contributed by atoms with E-state index in [4.69, 9.17) is 22.1 Å². The van der Waals surface area contributed by atoms with Gasteiger partial charge in [0.1, 0.15) is 11.4 Å². The molecule has 0 bridgehead atoms. The van der Waals surface area contributed by atoms with Crippen molar-refractivity contribution in [3.05, 3.63) is 70.1 Å². The van der Waals surface area contributed by atoms with E-state index in [0.717, 1.165) is 5.56 Å². The number of aromatic nitrogens is 2. The summed E-state index contributed by atoms with van der Waals surface area (Å²) in [6, 6.07) is 11.4. The summed E-state index contributed by atoms with van der Waals surface area (Å²) >= 11 is 6.07. The van der Waals surface area contributed by atoms with Crippen LogP contribution < -0.4 is 11.1 Å². The van der Waals surface area contributed by atoms with Crippen molar-refractivity contribution in [2.75, 3.05) is 18.4 Å². The van der Waals surface area contributed by atoms with Gasteiger partial charge in [0.05, 0.1) is 11.0 Å². The number of likely N-dealkylation sites (tertiary alicyclic amines) is 1. The number of halogens is 2. The minimum absolute atomic E-state index is 0.0721. The van der Waals surface area contributed by atoms with Crippen LogP contribution in [0.5, 0.6) is 0 Å². The molecule has 4 rings (SSSR count). The molecule has 0 saturated carbocycles. The van der Waals surface area contributed by atoms with Crippen molar-refractivity contribution in [2.24, 2.45) is 11.7 Å². The third-order valence-corrected chi connectivity index (χ3v) is 6.70. The topological polar surface area (TPSA) is 113 Å². The lowest BCUT2D eigenvalue weighted by Crippen LogP contribution is -2.42. The molecule has 1 aromatic heterocycles. The lowest BCUT2D eigenvalue weighted by atomic mass is 9.89. The molecule has 2 aromatic carbocycles. The van der Waals surface area contributed by atoms with Gasteiger partial charge in [-0.15, -0.1) is 0 Å². The van der Waals surface area contributed by atoms with E-state index < -0.39 is 5.60 Å². The van der Waals surface area contributed by atoms with Crippen LogP contribution in [0.4, 0.5) is 15.1 Å². The number of hydrogen-bond donors (Lipinski definition) is 3. The second-order valence-corrected chi connectivity index (χ2v) is 10.9. The number of benzene rings is 2. The predicted octanol–water partition coefficient (Wildman–Crippen LogP) is 5.79. The molecule has 1 aliphatic heterocycles. The molecule has 10 heteroatoms. The van der Waals surface area contributed by atoms with Gasteiger partial charge >= 0.3 is 6.09 Å². The van der Waals surface area contributed by atoms with E-state index in [0.29, 0.717) is 72.0 Å². The third-order valence-electron chi connectivity index (χ3n) is 6.46. The van der Waals surface area contributed by atoms with Gasteiger partial charge in [0.25, 0.3) is 5.91 Å². The summed E-state index contributed by atoms with van der Waals surface area (Å²) < 4.78 is 18.9. The number of ether oxygens (including phenoxy) is 1. The van der Waals surface area contributed by atoms with Crippen molar-refractivity contribution in [1.29, 1.82) is 0 Å². The van der Waals surface area contributed by atoms with Crippen LogP contribution in [-0.2, 0) is 16.0 Å². The van der Waals surface area contributed by atoms with Crippen molar-refractivity contribution in [3.8, 4) is 0 Å². The summed E-state index contributed by atoms with van der Waals surface area (Å²) in [6.45, 7) is 6.47. The van der Waals surface area contributed by atoms with Crippen LogP contribution in [0.1, 0.15) is 45.6 Å². The molecule has 2 heterocycles. The Bertz CT molecular complexity index is 1340. The lowest BCUT2D eigenvalue weighted by molar-refractivity contribution is -0.113. The summed E-state index contributed by atoms with van der Waals surface area (Å²) in [5.74, 6) is -0.455. The zero-order valence-corrected chi connectivity index (χ0v) is 22.6. The van der Waals surface area contributed by atoms with E-state index in [-0.39, 0.29) is 23.7 Å². The van der Waals surface area contributed by atoms with Gasteiger partial charge in [-0.25, -0.2) is 14.2 Å². The van der Waals surface area contributed by atoms with E-state index in [1.165, 1.54) is 12.1 Å². The van der Waals surface area contributed by atoms with Crippen LogP contribution in [0.2, 0.25) is 5.02 Å². The SMILES string of the molecule is CC(C)(C)OC(=O)N1CCC(/C(N)=C(\CCc2ccc(F)cc2)C(=O)Nc2nc3ccc(Cl)cc3[nH]2)CC1. The Morgan fingerprint density at radius 1 is 1.18 bits per heavy atom. The number of nitrogens with one attached hydrogen (secondary N) is 2. The molecular formula is C28H33ClFN5O3. The fraction of sp³-hybridized carbons (Fsp3) is 0.393. The Balaban J connectivity index is 1.52. The molecule has 0 aliphatic carbocycles. The third kappa shape index (κ3) is 7.04. The average molecular weight is 542 g/mol. The van der Waals surface area contributed by atoms with Crippen LogP contribution >= 0.6 is 11.6 Å². The first-order valence-electron chi connectivity index (χ1n) is 12.7. The maximum Gasteiger partial charge on any atom is 0.410 e. The van der Waals surface area contributed by atoms with Gasteiger partial charge in [-0.1, -0.05) is 23.7 Å². The molecular weight excluding hydrogens is 509 g/mol. The number of H-pyrrole nitrogens is 1. The lowest BCUT2D eigenvalue weighted by Gasteiger charge is -2.34. The smallest absolute Gasteiger partial charge is 0.410 e. The number of nitrogens with two attached hydrogens (primary N) is 1. The Morgan fingerprint density at radius 2 is 1.87 bits per heavy atom. The Kier molecular flexibility index (Phi) is 8.26. The summed E-state index contributed by atoms with van der Waals surface area (Å²) in [6.07, 6.45) is 1.75. The Labute approximate surface area is 226 Å². The standard InChI is InChI=1S/C28H33ClFN5O3/c1-28(2,3)38-27(37)35-14-12-18(13-15-35)24(31)21(10-6-17-4-8-20(30)9-5-17)25(36)34-26-32-22-11-7-19(29)16-23(22)33-26/h4-5,7-9,11,16,18H,6,10,12-15,31H2,1-3H3,(H2,32,33,34,36)/b24-21-. The minimum Gasteiger partial charge on any atom is -0.444 e. The average Bonchev–Trinajstić information content (AvgIpc) is 3.25. The Morgan fingerprint density at radius 3 is 2.53 bits per heavy atom. The number of carbonyl (C=O) groups excluding carboxylic acids is 2. The van der Waals surface area contributed by atoms with Crippen molar-refractivity contribution in [1.82, 2.24) is 14.9 Å². The molecule has 0 unspecified atom stereocenters. The highest BCUT2D eigenvalue weighted by Crippen LogP contribution is 2.28. The normalized spacial score (nSPS) is 15.3. The number of allylic oxidation sites excluding steroid dienone is 1. The van der Waals surface area contributed by atoms with Crippen LogP contribution in [0.25, 0.3) is 11.0 Å². The first-order valence-corrected chi connectivity index (χ1v) is 13.0. The summed E-state index contributed by atoms with van der Waals surface area (Å²) in [5, 5.41) is 3.39. The van der Waals surface area contributed by atoms with Crippen LogP contribution in [-0.4, -0.2) is 45.6 Å². The van der Waals surface area contributed by atoms with E-state index in [9.17, 15) is 14.0 Å². The highest BCUT2D eigenvalue weighted by molar-refractivity contribution is 6.31. The number of nitrogens with zero attached hydrogens (tertiary/aromatic N) is 2. The number of hydrogen-bond acceptors (Lipinski definition) is 5. The zero-order chi connectivity index (χ0) is 27.4. The van der Waals surface area contributed by atoms with Crippen molar-refractivity contribution in [3.63, 3.8) is 0 Å². The summed E-state index contributed by atoms with van der Waals surface area (Å²) in [7, 11) is 0. The highest BCUT2D eigenvalue weighted by Gasteiger charge is 2.30. The number of anilines is 1. The summed E-state index contributed by atoms with van der Waals surface area (Å²) in [5.41, 5.74) is 9.26. The molecule has 1 fully saturated rings. The quantitative estimate of drug-likeness (QED) is 0.342. The van der Waals surface area contributed by atoms with E-state index in [2.05, 4.69) is 15.3 Å². The number of rotatable bonds is 6. The molecule has 2 amide bonds. The molecule has 0 spiro atoms. The number of carbonyl (C=O) groups is 2. The molecule has 1 aliphatic rings. The van der Waals surface area contributed by atoms with Crippen molar-refractivity contribution < 1.29 is 18.7 Å². The van der Waals surface area contributed by atoms with Gasteiger partial charge in [0.15, 0.2) is 0 Å². The number of imidazole rings is 1. The molecule has 3 aromatic rings. The van der Waals surface area contributed by atoms with Crippen LogP contribution in [0.15, 0.2) is 53.7 Å². The number of piperidine rings is 1. The minimum atomic E-state index is -0.569. The maximum atomic E-state index is 13.5. The van der Waals surface area contributed by atoms with Gasteiger partial charge in [-0.3, -0.25) is 10.1 Å². The van der Waals surface area contributed by atoms with Gasteiger partial charge in [-0.2, -0.15) is 0 Å². The van der Waals surface area contributed by atoms with E-state index in [1.807, 2.05) is 20.8 Å². The van der Waals surface area contributed by atoms with E-state index >= 15 is 0 Å². The molecule has 38 heavy (non-hydrogen) atoms. The second-order valence-electron chi connectivity index (χ2n) is 10.5. The molecule has 4 N–H and O–H groups in total. The number of amides is 2. The van der Waals surface area contributed by atoms with Gasteiger partial charge in [0, 0.05) is 35.3 Å². The molecule has 1 saturated heterocycles. The fourth-order valence-corrected chi connectivity index (χ4v) is 4.65. The fourth-order valence-electron chi connectivity index (χ4n) is 4.48. The highest BCUT2D eigenvalue weighted by atomic mass is 35.5. The Hall–Kier alpha value is -3.59. The van der Waals surface area contributed by atoms with Gasteiger partial charge in [-0.05, 0) is 82.3 Å². The summed E-state index contributed by atoms with van der Waals surface area (Å²) in [4.78, 5) is 35.1. The van der Waals surface area contributed by atoms with Crippen LogP contribution in [0.3, 0.4) is 0 Å². The monoisotopic (exact) mass is 541 g/mol. The number of aromatic amines is 1.